The Morgan fingerprint density at radius 1 is 0.963 bits per heavy atom. The lowest BCUT2D eigenvalue weighted by atomic mass is 10.1. The highest BCUT2D eigenvalue weighted by molar-refractivity contribution is 5.88. The minimum atomic E-state index is -0.686. The number of nitrogens with one attached hydrogen (secondary N) is 1. The van der Waals surface area contributed by atoms with Gasteiger partial charge in [0, 0.05) is 13.1 Å². The summed E-state index contributed by atoms with van der Waals surface area (Å²) >= 11 is 0. The summed E-state index contributed by atoms with van der Waals surface area (Å²) in [5.41, 5.74) is 1.38. The second kappa shape index (κ2) is 9.80. The van der Waals surface area contributed by atoms with Crippen LogP contribution in [0.1, 0.15) is 31.4 Å². The molecule has 0 heterocycles. The quantitative estimate of drug-likeness (QED) is 0.769. The fourth-order valence-corrected chi connectivity index (χ4v) is 2.64. The molecular weight excluding hydrogens is 350 g/mol. The first-order chi connectivity index (χ1) is 12.9. The summed E-state index contributed by atoms with van der Waals surface area (Å²) in [4.78, 5) is 26.7. The largest absolute Gasteiger partial charge is 0.354 e. The van der Waals surface area contributed by atoms with Gasteiger partial charge in [0.1, 0.15) is 17.7 Å². The van der Waals surface area contributed by atoms with Crippen LogP contribution in [0.5, 0.6) is 0 Å². The van der Waals surface area contributed by atoms with E-state index in [0.717, 1.165) is 12.0 Å². The van der Waals surface area contributed by atoms with Crippen molar-refractivity contribution in [2.24, 2.45) is 0 Å². The number of nitrogens with zero attached hydrogens (tertiary/aromatic N) is 1. The van der Waals surface area contributed by atoms with E-state index in [4.69, 9.17) is 0 Å². The summed E-state index contributed by atoms with van der Waals surface area (Å²) in [6, 6.07) is 10.8. The Hall–Kier alpha value is -2.76. The molecule has 0 saturated heterocycles. The Morgan fingerprint density at radius 3 is 2.00 bits per heavy atom. The van der Waals surface area contributed by atoms with E-state index in [9.17, 15) is 18.4 Å². The van der Waals surface area contributed by atoms with Crippen molar-refractivity contribution in [2.45, 2.75) is 39.3 Å². The molecule has 0 aromatic heterocycles. The van der Waals surface area contributed by atoms with Crippen LogP contribution in [-0.4, -0.2) is 29.3 Å². The lowest BCUT2D eigenvalue weighted by Gasteiger charge is -2.29. The number of rotatable bonds is 8. The van der Waals surface area contributed by atoms with E-state index in [1.807, 2.05) is 6.92 Å². The highest BCUT2D eigenvalue weighted by Gasteiger charge is 2.26. The van der Waals surface area contributed by atoms with Crippen LogP contribution in [-0.2, 0) is 22.6 Å². The molecule has 0 bridgehead atoms. The standard InChI is InChI=1S/C21H24F2N2O2/c1-3-12-24-21(27)15(2)25(14-17-6-10-19(23)11-7-17)20(26)13-16-4-8-18(22)9-5-16/h4-11,15H,3,12-14H2,1-2H3,(H,24,27)/t15-/m0/s1. The minimum absolute atomic E-state index is 0.0485. The summed E-state index contributed by atoms with van der Waals surface area (Å²) in [7, 11) is 0. The van der Waals surface area contributed by atoms with Crippen LogP contribution >= 0.6 is 0 Å². The highest BCUT2D eigenvalue weighted by atomic mass is 19.1. The molecule has 2 rings (SSSR count). The molecule has 0 saturated carbocycles. The van der Waals surface area contributed by atoms with Crippen molar-refractivity contribution in [3.8, 4) is 0 Å². The summed E-state index contributed by atoms with van der Waals surface area (Å²) in [6.45, 7) is 4.32. The fourth-order valence-electron chi connectivity index (χ4n) is 2.64. The number of carbonyl (C=O) groups is 2. The molecule has 2 aromatic rings. The minimum Gasteiger partial charge on any atom is -0.354 e. The molecule has 0 aliphatic heterocycles. The molecule has 1 N–H and O–H groups in total. The van der Waals surface area contributed by atoms with E-state index in [1.54, 1.807) is 31.2 Å². The monoisotopic (exact) mass is 374 g/mol. The number of carbonyl (C=O) groups excluding carboxylic acids is 2. The van der Waals surface area contributed by atoms with Crippen LogP contribution in [0.3, 0.4) is 0 Å². The Bertz CT molecular complexity index is 761. The van der Waals surface area contributed by atoms with E-state index in [1.165, 1.54) is 29.2 Å². The average molecular weight is 374 g/mol. The first-order valence-corrected chi connectivity index (χ1v) is 8.96. The summed E-state index contributed by atoms with van der Waals surface area (Å²) < 4.78 is 26.2. The highest BCUT2D eigenvalue weighted by Crippen LogP contribution is 2.13. The van der Waals surface area contributed by atoms with Crippen LogP contribution in [0.25, 0.3) is 0 Å². The van der Waals surface area contributed by atoms with Crippen LogP contribution in [0.15, 0.2) is 48.5 Å². The number of halogens is 2. The molecule has 0 aliphatic rings. The zero-order valence-corrected chi connectivity index (χ0v) is 15.5. The summed E-state index contributed by atoms with van der Waals surface area (Å²) in [5.74, 6) is -1.24. The SMILES string of the molecule is CCCNC(=O)[C@H](C)N(Cc1ccc(F)cc1)C(=O)Cc1ccc(F)cc1. The molecule has 0 unspecified atom stereocenters. The Balaban J connectivity index is 2.18. The third-order valence-electron chi connectivity index (χ3n) is 4.25. The molecule has 0 spiro atoms. The van der Waals surface area contributed by atoms with Crippen molar-refractivity contribution in [1.29, 1.82) is 0 Å². The van der Waals surface area contributed by atoms with Gasteiger partial charge in [0.15, 0.2) is 0 Å². The van der Waals surface area contributed by atoms with Crippen LogP contribution in [0, 0.1) is 11.6 Å². The zero-order chi connectivity index (χ0) is 19.8. The Morgan fingerprint density at radius 2 is 1.48 bits per heavy atom. The van der Waals surface area contributed by atoms with E-state index in [0.29, 0.717) is 12.1 Å². The predicted molar refractivity (Wildman–Crippen MR) is 99.8 cm³/mol. The van der Waals surface area contributed by atoms with Crippen molar-refractivity contribution < 1.29 is 18.4 Å². The van der Waals surface area contributed by atoms with Gasteiger partial charge in [0.25, 0.3) is 0 Å². The fraction of sp³-hybridized carbons (Fsp3) is 0.333. The van der Waals surface area contributed by atoms with Crippen LogP contribution in [0.2, 0.25) is 0 Å². The molecule has 144 valence electrons. The number of amides is 2. The van der Waals surface area contributed by atoms with Gasteiger partial charge in [-0.2, -0.15) is 0 Å². The first-order valence-electron chi connectivity index (χ1n) is 8.96. The Labute approximate surface area is 158 Å². The maximum Gasteiger partial charge on any atom is 0.242 e. The van der Waals surface area contributed by atoms with Crippen molar-refractivity contribution >= 4 is 11.8 Å². The third-order valence-corrected chi connectivity index (χ3v) is 4.25. The van der Waals surface area contributed by atoms with Gasteiger partial charge in [-0.3, -0.25) is 9.59 Å². The normalized spacial score (nSPS) is 11.7. The maximum atomic E-state index is 13.2. The van der Waals surface area contributed by atoms with Gasteiger partial charge < -0.3 is 10.2 Å². The van der Waals surface area contributed by atoms with Crippen molar-refractivity contribution in [3.05, 3.63) is 71.3 Å². The number of hydrogen-bond acceptors (Lipinski definition) is 2. The van der Waals surface area contributed by atoms with Crippen molar-refractivity contribution in [1.82, 2.24) is 10.2 Å². The Kier molecular flexibility index (Phi) is 7.46. The van der Waals surface area contributed by atoms with Gasteiger partial charge in [-0.15, -0.1) is 0 Å². The second-order valence-corrected chi connectivity index (χ2v) is 6.42. The van der Waals surface area contributed by atoms with Gasteiger partial charge >= 0.3 is 0 Å². The molecule has 0 aliphatic carbocycles. The van der Waals surface area contributed by atoms with Gasteiger partial charge in [0.05, 0.1) is 6.42 Å². The van der Waals surface area contributed by atoms with E-state index in [-0.39, 0.29) is 36.4 Å². The van der Waals surface area contributed by atoms with Gasteiger partial charge in [0.2, 0.25) is 11.8 Å². The van der Waals surface area contributed by atoms with E-state index in [2.05, 4.69) is 5.32 Å². The smallest absolute Gasteiger partial charge is 0.242 e. The van der Waals surface area contributed by atoms with E-state index < -0.39 is 6.04 Å². The molecule has 2 aromatic carbocycles. The second-order valence-electron chi connectivity index (χ2n) is 6.42. The van der Waals surface area contributed by atoms with Crippen molar-refractivity contribution in [3.63, 3.8) is 0 Å². The predicted octanol–water partition coefficient (Wildman–Crippen LogP) is 3.45. The van der Waals surface area contributed by atoms with Gasteiger partial charge in [-0.05, 0) is 48.7 Å². The maximum absolute atomic E-state index is 13.2. The van der Waals surface area contributed by atoms with Crippen LogP contribution < -0.4 is 5.32 Å². The summed E-state index contributed by atoms with van der Waals surface area (Å²) in [5, 5.41) is 2.79. The third kappa shape index (κ3) is 6.16. The lowest BCUT2D eigenvalue weighted by Crippen LogP contribution is -2.48. The molecule has 1 atom stereocenters. The molecule has 0 radical (unpaired) electrons. The topological polar surface area (TPSA) is 49.4 Å². The molecular formula is C21H24F2N2O2. The molecule has 27 heavy (non-hydrogen) atoms. The number of benzene rings is 2. The van der Waals surface area contributed by atoms with E-state index >= 15 is 0 Å². The number of hydrogen-bond donors (Lipinski definition) is 1. The molecule has 0 fully saturated rings. The van der Waals surface area contributed by atoms with Gasteiger partial charge in [-0.1, -0.05) is 31.2 Å². The molecule has 6 heteroatoms. The summed E-state index contributed by atoms with van der Waals surface area (Å²) in [6.07, 6.45) is 0.840. The molecule has 4 nitrogen and oxygen atoms in total. The van der Waals surface area contributed by atoms with Crippen molar-refractivity contribution in [2.75, 3.05) is 6.54 Å². The first kappa shape index (κ1) is 20.6. The molecule has 2 amide bonds. The van der Waals surface area contributed by atoms with Gasteiger partial charge in [-0.25, -0.2) is 8.78 Å². The average Bonchev–Trinajstić information content (AvgIpc) is 2.66. The lowest BCUT2D eigenvalue weighted by molar-refractivity contribution is -0.140. The zero-order valence-electron chi connectivity index (χ0n) is 15.5. The van der Waals surface area contributed by atoms with Crippen LogP contribution in [0.4, 0.5) is 8.78 Å².